The molecule has 0 aromatic heterocycles. The van der Waals surface area contributed by atoms with E-state index in [4.69, 9.17) is 0 Å². The van der Waals surface area contributed by atoms with Crippen molar-refractivity contribution in [3.63, 3.8) is 0 Å². The number of sulfonamides is 1. The maximum atomic E-state index is 13.9. The summed E-state index contributed by atoms with van der Waals surface area (Å²) in [5.41, 5.74) is -1.68. The summed E-state index contributed by atoms with van der Waals surface area (Å²) >= 11 is 0. The highest BCUT2D eigenvalue weighted by Gasteiger charge is 2.44. The van der Waals surface area contributed by atoms with Crippen molar-refractivity contribution in [1.82, 2.24) is 4.31 Å². The number of aliphatic hydroxyl groups is 1. The fourth-order valence-corrected chi connectivity index (χ4v) is 4.91. The number of rotatable bonds is 5. The second kappa shape index (κ2) is 8.68. The summed E-state index contributed by atoms with van der Waals surface area (Å²) in [7, 11) is -2.81. The Kier molecular flexibility index (Phi) is 6.50. The number of anilines is 1. The van der Waals surface area contributed by atoms with Crippen LogP contribution in [-0.4, -0.2) is 55.8 Å². The molecule has 0 atom stereocenters. The van der Waals surface area contributed by atoms with Gasteiger partial charge in [-0.1, -0.05) is 12.1 Å². The molecule has 2 aromatic carbocycles. The van der Waals surface area contributed by atoms with E-state index in [2.05, 4.69) is 4.74 Å². The van der Waals surface area contributed by atoms with Gasteiger partial charge in [0.2, 0.25) is 10.0 Å². The maximum Gasteiger partial charge on any atom is 0.573 e. The number of hydrogen-bond donors (Lipinski definition) is 1. The van der Waals surface area contributed by atoms with Gasteiger partial charge in [-0.15, -0.1) is 13.2 Å². The molecule has 0 spiro atoms. The molecule has 1 aliphatic rings. The van der Waals surface area contributed by atoms with Crippen LogP contribution in [-0.2, 0) is 14.8 Å². The maximum absolute atomic E-state index is 13.9. The molecule has 7 nitrogen and oxygen atoms in total. The van der Waals surface area contributed by atoms with Gasteiger partial charge in [-0.25, -0.2) is 12.8 Å². The van der Waals surface area contributed by atoms with E-state index in [-0.39, 0.29) is 31.6 Å². The molecule has 1 heterocycles. The van der Waals surface area contributed by atoms with Crippen LogP contribution in [0.5, 0.6) is 5.75 Å². The molecule has 0 saturated carbocycles. The van der Waals surface area contributed by atoms with Gasteiger partial charge in [0, 0.05) is 25.8 Å². The van der Waals surface area contributed by atoms with Crippen molar-refractivity contribution < 1.29 is 40.6 Å². The molecule has 0 aliphatic carbocycles. The van der Waals surface area contributed by atoms with E-state index in [1.165, 1.54) is 31.3 Å². The smallest absolute Gasteiger partial charge is 0.406 e. The van der Waals surface area contributed by atoms with Gasteiger partial charge in [0.05, 0.1) is 0 Å². The number of benzene rings is 2. The number of ether oxygens (including phenoxy) is 1. The Morgan fingerprint density at radius 3 is 2.19 bits per heavy atom. The van der Waals surface area contributed by atoms with Crippen molar-refractivity contribution in [2.45, 2.75) is 29.7 Å². The Morgan fingerprint density at radius 2 is 1.66 bits per heavy atom. The summed E-state index contributed by atoms with van der Waals surface area (Å²) < 4.78 is 80.9. The molecule has 1 amide bonds. The van der Waals surface area contributed by atoms with Crippen molar-refractivity contribution in [3.8, 4) is 5.75 Å². The standard InChI is InChI=1S/C20H20F4N2O5S/c1-25(14-6-8-15(9-7-14)31-20(22,23)24)18(27)19(28)10-12-26(13-11-19)32(29,30)17-5-3-2-4-16(17)21/h2-9,28H,10-13H2,1H3. The third-order valence-corrected chi connectivity index (χ3v) is 7.10. The first-order valence-electron chi connectivity index (χ1n) is 9.44. The van der Waals surface area contributed by atoms with Crippen LogP contribution in [0.15, 0.2) is 53.4 Å². The first-order chi connectivity index (χ1) is 14.8. The Morgan fingerprint density at radius 1 is 1.09 bits per heavy atom. The number of alkyl halides is 3. The number of hydrogen-bond acceptors (Lipinski definition) is 5. The molecule has 1 fully saturated rings. The SMILES string of the molecule is CN(C(=O)C1(O)CCN(S(=O)(=O)c2ccccc2F)CC1)c1ccc(OC(F)(F)F)cc1. The molecule has 0 bridgehead atoms. The third kappa shape index (κ3) is 5.03. The normalized spacial score (nSPS) is 17.1. The quantitative estimate of drug-likeness (QED) is 0.671. The van der Waals surface area contributed by atoms with Crippen LogP contribution in [0.4, 0.5) is 23.2 Å². The zero-order chi connectivity index (χ0) is 23.7. The molecule has 1 saturated heterocycles. The minimum absolute atomic E-state index is 0.208. The number of nitrogens with zero attached hydrogens (tertiary/aromatic N) is 2. The van der Waals surface area contributed by atoms with E-state index < -0.39 is 44.4 Å². The Bertz CT molecular complexity index is 1080. The number of halogens is 4. The third-order valence-electron chi connectivity index (χ3n) is 5.16. The van der Waals surface area contributed by atoms with Crippen molar-refractivity contribution in [1.29, 1.82) is 0 Å². The van der Waals surface area contributed by atoms with Gasteiger partial charge < -0.3 is 14.7 Å². The average molecular weight is 476 g/mol. The van der Waals surface area contributed by atoms with Gasteiger partial charge in [0.15, 0.2) is 0 Å². The van der Waals surface area contributed by atoms with Crippen molar-refractivity contribution in [2.75, 3.05) is 25.0 Å². The molecule has 1 aliphatic heterocycles. The summed E-state index contributed by atoms with van der Waals surface area (Å²) in [4.78, 5) is 13.4. The van der Waals surface area contributed by atoms with E-state index in [0.29, 0.717) is 0 Å². The van der Waals surface area contributed by atoms with Crippen LogP contribution in [0.25, 0.3) is 0 Å². The summed E-state index contributed by atoms with van der Waals surface area (Å²) in [5.74, 6) is -2.11. The molecule has 32 heavy (non-hydrogen) atoms. The van der Waals surface area contributed by atoms with E-state index in [1.54, 1.807) is 0 Å². The van der Waals surface area contributed by atoms with Crippen LogP contribution < -0.4 is 9.64 Å². The molecule has 1 N–H and O–H groups in total. The predicted octanol–water partition coefficient (Wildman–Crippen LogP) is 2.90. The first-order valence-corrected chi connectivity index (χ1v) is 10.9. The topological polar surface area (TPSA) is 87.2 Å². The minimum atomic E-state index is -4.85. The number of carbonyl (C=O) groups excluding carboxylic acids is 1. The van der Waals surface area contributed by atoms with Crippen LogP contribution in [0.1, 0.15) is 12.8 Å². The predicted molar refractivity (Wildman–Crippen MR) is 106 cm³/mol. The fourth-order valence-electron chi connectivity index (χ4n) is 3.40. The lowest BCUT2D eigenvalue weighted by atomic mass is 9.91. The number of likely N-dealkylation sites (N-methyl/N-ethyl adjacent to an activating group) is 1. The number of amides is 1. The lowest BCUT2D eigenvalue weighted by Gasteiger charge is -2.38. The van der Waals surface area contributed by atoms with Gasteiger partial charge in [0.1, 0.15) is 22.1 Å². The largest absolute Gasteiger partial charge is 0.573 e. The lowest BCUT2D eigenvalue weighted by Crippen LogP contribution is -2.55. The number of piperidine rings is 1. The molecule has 12 heteroatoms. The molecular formula is C20H20F4N2O5S. The van der Waals surface area contributed by atoms with Crippen molar-refractivity contribution in [3.05, 3.63) is 54.3 Å². The lowest BCUT2D eigenvalue weighted by molar-refractivity contribution is -0.274. The Hall–Kier alpha value is -2.70. The molecule has 0 unspecified atom stereocenters. The zero-order valence-corrected chi connectivity index (χ0v) is 17.7. The van der Waals surface area contributed by atoms with E-state index in [9.17, 15) is 35.9 Å². The van der Waals surface area contributed by atoms with Gasteiger partial charge in [-0.05, 0) is 49.2 Å². The highest BCUT2D eigenvalue weighted by molar-refractivity contribution is 7.89. The zero-order valence-electron chi connectivity index (χ0n) is 16.8. The molecular weight excluding hydrogens is 456 g/mol. The monoisotopic (exact) mass is 476 g/mol. The Labute approximate surface area is 181 Å². The minimum Gasteiger partial charge on any atom is -0.406 e. The summed E-state index contributed by atoms with van der Waals surface area (Å²) in [6.07, 6.45) is -5.33. The van der Waals surface area contributed by atoms with E-state index in [0.717, 1.165) is 33.5 Å². The molecule has 174 valence electrons. The van der Waals surface area contributed by atoms with Crippen LogP contribution in [0.3, 0.4) is 0 Å². The van der Waals surface area contributed by atoms with Gasteiger partial charge in [-0.2, -0.15) is 4.31 Å². The fraction of sp³-hybridized carbons (Fsp3) is 0.350. The highest BCUT2D eigenvalue weighted by atomic mass is 32.2. The van der Waals surface area contributed by atoms with Crippen LogP contribution >= 0.6 is 0 Å². The van der Waals surface area contributed by atoms with Gasteiger partial charge in [-0.3, -0.25) is 4.79 Å². The molecule has 0 radical (unpaired) electrons. The van der Waals surface area contributed by atoms with E-state index in [1.807, 2.05) is 0 Å². The second-order valence-corrected chi connectivity index (χ2v) is 9.18. The van der Waals surface area contributed by atoms with Crippen LogP contribution in [0.2, 0.25) is 0 Å². The molecule has 3 rings (SSSR count). The second-order valence-electron chi connectivity index (χ2n) is 7.27. The molecule has 2 aromatic rings. The van der Waals surface area contributed by atoms with Gasteiger partial charge in [0.25, 0.3) is 5.91 Å². The van der Waals surface area contributed by atoms with E-state index >= 15 is 0 Å². The summed E-state index contributed by atoms with van der Waals surface area (Å²) in [6, 6.07) is 9.41. The van der Waals surface area contributed by atoms with Crippen LogP contribution in [0, 0.1) is 5.82 Å². The van der Waals surface area contributed by atoms with Crippen molar-refractivity contribution in [2.24, 2.45) is 0 Å². The highest BCUT2D eigenvalue weighted by Crippen LogP contribution is 2.31. The first kappa shape index (κ1) is 24.0. The summed E-state index contributed by atoms with van der Waals surface area (Å²) in [6.45, 7) is -0.434. The van der Waals surface area contributed by atoms with Crippen molar-refractivity contribution >= 4 is 21.6 Å². The summed E-state index contributed by atoms with van der Waals surface area (Å²) in [5, 5.41) is 10.8. The Balaban J connectivity index is 1.69. The average Bonchev–Trinajstić information content (AvgIpc) is 2.72. The van der Waals surface area contributed by atoms with Gasteiger partial charge >= 0.3 is 6.36 Å². The number of carbonyl (C=O) groups is 1.